The van der Waals surface area contributed by atoms with Crippen LogP contribution >= 0.6 is 0 Å². The quantitative estimate of drug-likeness (QED) is 0.352. The second-order valence-corrected chi connectivity index (χ2v) is 10.4. The van der Waals surface area contributed by atoms with E-state index in [4.69, 9.17) is 4.74 Å². The number of hydrogen-bond acceptors (Lipinski definition) is 3. The van der Waals surface area contributed by atoms with Gasteiger partial charge in [0.05, 0.1) is 0 Å². The number of nitrogens with zero attached hydrogens (tertiary/aromatic N) is 2. The fourth-order valence-corrected chi connectivity index (χ4v) is 5.50. The Balaban J connectivity index is 1.33. The van der Waals surface area contributed by atoms with Crippen LogP contribution in [-0.4, -0.2) is 73.6 Å². The molecule has 204 valence electrons. The minimum atomic E-state index is -4.89. The van der Waals surface area contributed by atoms with E-state index < -0.39 is 37.7 Å². The molecule has 4 atom stereocenters. The Morgan fingerprint density at radius 2 is 1.03 bits per heavy atom. The molecule has 0 aromatic heterocycles. The first-order valence-corrected chi connectivity index (χ1v) is 12.9. The molecule has 2 heterocycles. The highest BCUT2D eigenvalue weighted by atomic mass is 19.4. The molecule has 2 aliphatic rings. The molecule has 9 heteroatoms. The number of alkyl halides is 6. The van der Waals surface area contributed by atoms with Gasteiger partial charge in [0.15, 0.2) is 12.2 Å². The molecule has 0 aliphatic carbocycles. The molecule has 2 fully saturated rings. The summed E-state index contributed by atoms with van der Waals surface area (Å²) in [4.78, 5) is 3.18. The Morgan fingerprint density at radius 1 is 0.649 bits per heavy atom. The van der Waals surface area contributed by atoms with Crippen LogP contribution in [0.3, 0.4) is 0 Å². The van der Waals surface area contributed by atoms with Crippen LogP contribution in [0.2, 0.25) is 0 Å². The molecule has 2 aliphatic heterocycles. The minimum absolute atomic E-state index is 0.167. The first kappa shape index (κ1) is 27.9. The minimum Gasteiger partial charge on any atom is -0.353 e. The van der Waals surface area contributed by atoms with Gasteiger partial charge in [0.1, 0.15) is 0 Å². The maximum atomic E-state index is 13.9. The standard InChI is InChI=1S/C28H34F6N2O/c29-27(30,31)25(19-35-13-11-23(17-35)15-21-7-3-1-4-8-21)37-26(28(32,33)34)20-36-14-12-24(18-36)16-22-9-5-2-6-10-22/h1-10,23-26H,11-20H2/t23?,24?,25-,26-/m0/s1. The average Bonchev–Trinajstić information content (AvgIpc) is 3.47. The summed E-state index contributed by atoms with van der Waals surface area (Å²) in [7, 11) is 0. The molecule has 0 amide bonds. The SMILES string of the molecule is FC(F)(F)[C@H](CN1CCC(Cc2ccccc2)C1)O[C@@H](CN1CCC(Cc2ccccc2)C1)C(F)(F)F. The van der Waals surface area contributed by atoms with Crippen LogP contribution in [-0.2, 0) is 17.6 Å². The number of likely N-dealkylation sites (tertiary alicyclic amines) is 2. The summed E-state index contributed by atoms with van der Waals surface area (Å²) in [5.41, 5.74) is 2.21. The van der Waals surface area contributed by atoms with E-state index in [1.54, 1.807) is 9.80 Å². The van der Waals surface area contributed by atoms with Crippen LogP contribution in [0.15, 0.2) is 60.7 Å². The lowest BCUT2D eigenvalue weighted by atomic mass is 9.99. The van der Waals surface area contributed by atoms with Gasteiger partial charge in [0.2, 0.25) is 0 Å². The Labute approximate surface area is 214 Å². The molecule has 2 unspecified atom stereocenters. The Morgan fingerprint density at radius 3 is 1.38 bits per heavy atom. The highest BCUT2D eigenvalue weighted by Gasteiger charge is 2.50. The topological polar surface area (TPSA) is 15.7 Å². The zero-order valence-electron chi connectivity index (χ0n) is 20.7. The van der Waals surface area contributed by atoms with E-state index in [-0.39, 0.29) is 11.8 Å². The third kappa shape index (κ3) is 8.45. The van der Waals surface area contributed by atoms with E-state index in [9.17, 15) is 26.3 Å². The summed E-state index contributed by atoms with van der Waals surface area (Å²) >= 11 is 0. The summed E-state index contributed by atoms with van der Waals surface area (Å²) in [5, 5.41) is 0. The van der Waals surface area contributed by atoms with Gasteiger partial charge >= 0.3 is 12.4 Å². The van der Waals surface area contributed by atoms with Gasteiger partial charge in [-0.05, 0) is 61.7 Å². The van der Waals surface area contributed by atoms with E-state index in [1.807, 2.05) is 60.7 Å². The summed E-state index contributed by atoms with van der Waals surface area (Å²) in [6, 6.07) is 19.4. The predicted molar refractivity (Wildman–Crippen MR) is 130 cm³/mol. The van der Waals surface area contributed by atoms with Gasteiger partial charge in [-0.1, -0.05) is 60.7 Å². The number of benzene rings is 2. The van der Waals surface area contributed by atoms with E-state index in [2.05, 4.69) is 0 Å². The fourth-order valence-electron chi connectivity index (χ4n) is 5.50. The summed E-state index contributed by atoms with van der Waals surface area (Å²) in [5.74, 6) is 0.335. The molecule has 0 N–H and O–H groups in total. The van der Waals surface area contributed by atoms with Gasteiger partial charge in [-0.25, -0.2) is 0 Å². The molecule has 0 spiro atoms. The third-order valence-corrected chi connectivity index (χ3v) is 7.38. The average molecular weight is 529 g/mol. The second-order valence-electron chi connectivity index (χ2n) is 10.4. The van der Waals surface area contributed by atoms with Crippen molar-refractivity contribution in [3.05, 3.63) is 71.8 Å². The lowest BCUT2D eigenvalue weighted by Gasteiger charge is -2.32. The van der Waals surface area contributed by atoms with Crippen molar-refractivity contribution in [1.82, 2.24) is 9.80 Å². The Bertz CT molecular complexity index is 875. The van der Waals surface area contributed by atoms with E-state index >= 15 is 0 Å². The zero-order chi connectivity index (χ0) is 26.5. The highest BCUT2D eigenvalue weighted by molar-refractivity contribution is 5.16. The van der Waals surface area contributed by atoms with Gasteiger partial charge in [0, 0.05) is 26.2 Å². The number of ether oxygens (including phenoxy) is 1. The van der Waals surface area contributed by atoms with Crippen LogP contribution < -0.4 is 0 Å². The first-order valence-electron chi connectivity index (χ1n) is 12.9. The molecular weight excluding hydrogens is 494 g/mol. The van der Waals surface area contributed by atoms with E-state index in [1.165, 1.54) is 0 Å². The maximum Gasteiger partial charge on any atom is 0.415 e. The first-order chi connectivity index (χ1) is 17.6. The fraction of sp³-hybridized carbons (Fsp3) is 0.571. The monoisotopic (exact) mass is 528 g/mol. The van der Waals surface area contributed by atoms with Crippen molar-refractivity contribution in [3.8, 4) is 0 Å². The largest absolute Gasteiger partial charge is 0.415 e. The van der Waals surface area contributed by atoms with Crippen molar-refractivity contribution >= 4 is 0 Å². The molecule has 0 saturated carbocycles. The van der Waals surface area contributed by atoms with Crippen LogP contribution in [0.4, 0.5) is 26.3 Å². The zero-order valence-corrected chi connectivity index (χ0v) is 20.7. The van der Waals surface area contributed by atoms with Gasteiger partial charge in [-0.2, -0.15) is 26.3 Å². The molecule has 0 radical (unpaired) electrons. The lowest BCUT2D eigenvalue weighted by molar-refractivity contribution is -0.289. The van der Waals surface area contributed by atoms with E-state index in [0.717, 1.165) is 24.0 Å². The van der Waals surface area contributed by atoms with Crippen molar-refractivity contribution < 1.29 is 31.1 Å². The molecule has 3 nitrogen and oxygen atoms in total. The van der Waals surface area contributed by atoms with Gasteiger partial charge < -0.3 is 14.5 Å². The Kier molecular flexibility index (Phi) is 9.19. The number of hydrogen-bond donors (Lipinski definition) is 0. The molecule has 2 aromatic carbocycles. The van der Waals surface area contributed by atoms with Crippen molar-refractivity contribution in [2.24, 2.45) is 11.8 Å². The van der Waals surface area contributed by atoms with Crippen molar-refractivity contribution in [3.63, 3.8) is 0 Å². The second kappa shape index (κ2) is 12.2. The third-order valence-electron chi connectivity index (χ3n) is 7.38. The van der Waals surface area contributed by atoms with Crippen LogP contribution in [0.1, 0.15) is 24.0 Å². The van der Waals surface area contributed by atoms with Crippen molar-refractivity contribution in [2.45, 2.75) is 50.2 Å². The molecule has 37 heavy (non-hydrogen) atoms. The molecule has 2 saturated heterocycles. The van der Waals surface area contributed by atoms with Crippen LogP contribution in [0, 0.1) is 11.8 Å². The predicted octanol–water partition coefficient (Wildman–Crippen LogP) is 5.99. The molecule has 2 aromatic rings. The maximum absolute atomic E-state index is 13.9. The van der Waals surface area contributed by atoms with Gasteiger partial charge in [-0.3, -0.25) is 0 Å². The summed E-state index contributed by atoms with van der Waals surface area (Å²) in [6.07, 6.45) is -11.9. The Hall–Kier alpha value is -2.10. The molecule has 4 rings (SSSR count). The highest BCUT2D eigenvalue weighted by Crippen LogP contribution is 2.33. The van der Waals surface area contributed by atoms with Crippen LogP contribution in [0.25, 0.3) is 0 Å². The summed E-state index contributed by atoms with van der Waals surface area (Å²) in [6.45, 7) is 0.481. The van der Waals surface area contributed by atoms with Gasteiger partial charge in [0.25, 0.3) is 0 Å². The summed E-state index contributed by atoms with van der Waals surface area (Å²) < 4.78 is 88.0. The number of rotatable bonds is 10. The number of halogens is 6. The van der Waals surface area contributed by atoms with Crippen LogP contribution in [0.5, 0.6) is 0 Å². The molecule has 0 bridgehead atoms. The van der Waals surface area contributed by atoms with E-state index in [0.29, 0.717) is 39.0 Å². The van der Waals surface area contributed by atoms with Crippen molar-refractivity contribution in [2.75, 3.05) is 39.3 Å². The lowest BCUT2D eigenvalue weighted by Crippen LogP contribution is -2.50. The smallest absolute Gasteiger partial charge is 0.353 e. The molecular formula is C28H34F6N2O. The van der Waals surface area contributed by atoms with Crippen molar-refractivity contribution in [1.29, 1.82) is 0 Å². The van der Waals surface area contributed by atoms with Gasteiger partial charge in [-0.15, -0.1) is 0 Å². The normalized spacial score (nSPS) is 23.4.